The summed E-state index contributed by atoms with van der Waals surface area (Å²) >= 11 is 0. The summed E-state index contributed by atoms with van der Waals surface area (Å²) in [5.74, 6) is 1.14. The van der Waals surface area contributed by atoms with E-state index in [2.05, 4.69) is 13.8 Å². The molecule has 0 amide bonds. The standard InChI is InChI=1S/C13H20O2/c1-10-3-5-13(14,11(2)7-10)8-12-4-6-15-9-12/h4,6,9-11,14H,3,5,7-8H2,1-2H3. The fourth-order valence-electron chi connectivity index (χ4n) is 2.69. The zero-order valence-electron chi connectivity index (χ0n) is 9.57. The molecular formula is C13H20O2. The quantitative estimate of drug-likeness (QED) is 0.810. The lowest BCUT2D eigenvalue weighted by Gasteiger charge is -2.40. The molecule has 1 N–H and O–H groups in total. The van der Waals surface area contributed by atoms with Crippen molar-refractivity contribution in [2.24, 2.45) is 11.8 Å². The van der Waals surface area contributed by atoms with Gasteiger partial charge in [0, 0.05) is 6.42 Å². The van der Waals surface area contributed by atoms with Crippen LogP contribution in [0.3, 0.4) is 0 Å². The molecule has 0 aromatic carbocycles. The maximum Gasteiger partial charge on any atom is 0.0935 e. The van der Waals surface area contributed by atoms with Gasteiger partial charge in [-0.3, -0.25) is 0 Å². The predicted octanol–water partition coefficient (Wildman–Crippen LogP) is 3.01. The van der Waals surface area contributed by atoms with Crippen LogP contribution in [-0.2, 0) is 6.42 Å². The molecular weight excluding hydrogens is 188 g/mol. The maximum atomic E-state index is 10.6. The van der Waals surface area contributed by atoms with Crippen LogP contribution in [0.4, 0.5) is 0 Å². The molecule has 1 aliphatic rings. The molecule has 3 atom stereocenters. The summed E-state index contributed by atoms with van der Waals surface area (Å²) in [6.45, 7) is 4.43. The molecule has 0 aliphatic heterocycles. The molecule has 1 aliphatic carbocycles. The van der Waals surface area contributed by atoms with Crippen LogP contribution in [0.2, 0.25) is 0 Å². The Balaban J connectivity index is 2.06. The third kappa shape index (κ3) is 2.25. The summed E-state index contributed by atoms with van der Waals surface area (Å²) in [5, 5.41) is 10.6. The van der Waals surface area contributed by atoms with Crippen molar-refractivity contribution in [2.75, 3.05) is 0 Å². The Hall–Kier alpha value is -0.760. The molecule has 84 valence electrons. The van der Waals surface area contributed by atoms with Crippen molar-refractivity contribution >= 4 is 0 Å². The minimum Gasteiger partial charge on any atom is -0.472 e. The van der Waals surface area contributed by atoms with Crippen LogP contribution in [0, 0.1) is 11.8 Å². The summed E-state index contributed by atoms with van der Waals surface area (Å²) in [6, 6.07) is 1.95. The SMILES string of the molecule is CC1CCC(O)(Cc2ccoc2)C(C)C1. The van der Waals surface area contributed by atoms with E-state index in [0.717, 1.165) is 37.2 Å². The summed E-state index contributed by atoms with van der Waals surface area (Å²) in [5.41, 5.74) is 0.593. The van der Waals surface area contributed by atoms with Crippen LogP contribution in [0.5, 0.6) is 0 Å². The first-order chi connectivity index (χ1) is 7.10. The zero-order valence-corrected chi connectivity index (χ0v) is 9.57. The summed E-state index contributed by atoms with van der Waals surface area (Å²) in [7, 11) is 0. The topological polar surface area (TPSA) is 33.4 Å². The highest BCUT2D eigenvalue weighted by molar-refractivity contribution is 5.11. The fourth-order valence-corrected chi connectivity index (χ4v) is 2.69. The van der Waals surface area contributed by atoms with Crippen LogP contribution in [0.15, 0.2) is 23.0 Å². The minimum atomic E-state index is -0.517. The first kappa shape index (κ1) is 10.7. The third-order valence-corrected chi connectivity index (χ3v) is 3.83. The van der Waals surface area contributed by atoms with Crippen LogP contribution >= 0.6 is 0 Å². The maximum absolute atomic E-state index is 10.6. The van der Waals surface area contributed by atoms with Crippen molar-refractivity contribution in [3.8, 4) is 0 Å². The van der Waals surface area contributed by atoms with E-state index in [-0.39, 0.29) is 0 Å². The zero-order chi connectivity index (χ0) is 10.9. The van der Waals surface area contributed by atoms with Gasteiger partial charge in [0.15, 0.2) is 0 Å². The van der Waals surface area contributed by atoms with Crippen molar-refractivity contribution in [1.29, 1.82) is 0 Å². The van der Waals surface area contributed by atoms with Gasteiger partial charge in [-0.25, -0.2) is 0 Å². The van der Waals surface area contributed by atoms with E-state index in [9.17, 15) is 5.11 Å². The second kappa shape index (κ2) is 4.01. The van der Waals surface area contributed by atoms with Gasteiger partial charge >= 0.3 is 0 Å². The molecule has 1 fully saturated rings. The molecule has 1 heterocycles. The highest BCUT2D eigenvalue weighted by atomic mass is 16.3. The Morgan fingerprint density at radius 2 is 2.33 bits per heavy atom. The van der Waals surface area contributed by atoms with Crippen molar-refractivity contribution in [2.45, 2.75) is 45.1 Å². The van der Waals surface area contributed by atoms with Crippen LogP contribution in [-0.4, -0.2) is 10.7 Å². The largest absolute Gasteiger partial charge is 0.472 e. The van der Waals surface area contributed by atoms with Gasteiger partial charge in [-0.05, 0) is 42.7 Å². The van der Waals surface area contributed by atoms with Gasteiger partial charge in [-0.15, -0.1) is 0 Å². The van der Waals surface area contributed by atoms with Crippen molar-refractivity contribution in [3.05, 3.63) is 24.2 Å². The Morgan fingerprint density at radius 1 is 1.53 bits per heavy atom. The molecule has 0 spiro atoms. The lowest BCUT2D eigenvalue weighted by atomic mass is 9.70. The summed E-state index contributed by atoms with van der Waals surface area (Å²) < 4.78 is 5.05. The summed E-state index contributed by atoms with van der Waals surface area (Å²) in [4.78, 5) is 0. The molecule has 3 unspecified atom stereocenters. The third-order valence-electron chi connectivity index (χ3n) is 3.83. The molecule has 15 heavy (non-hydrogen) atoms. The normalized spacial score (nSPS) is 36.7. The van der Waals surface area contributed by atoms with Crippen LogP contribution < -0.4 is 0 Å². The van der Waals surface area contributed by atoms with Gasteiger partial charge in [0.05, 0.1) is 18.1 Å². The molecule has 2 heteroatoms. The van der Waals surface area contributed by atoms with E-state index < -0.39 is 5.60 Å². The number of aliphatic hydroxyl groups is 1. The van der Waals surface area contributed by atoms with E-state index >= 15 is 0 Å². The second-order valence-electron chi connectivity index (χ2n) is 5.19. The van der Waals surface area contributed by atoms with Crippen molar-refractivity contribution in [3.63, 3.8) is 0 Å². The van der Waals surface area contributed by atoms with Crippen molar-refractivity contribution in [1.82, 2.24) is 0 Å². The number of rotatable bonds is 2. The smallest absolute Gasteiger partial charge is 0.0935 e. The first-order valence-electron chi connectivity index (χ1n) is 5.83. The highest BCUT2D eigenvalue weighted by Crippen LogP contribution is 2.38. The number of furan rings is 1. The van der Waals surface area contributed by atoms with Crippen LogP contribution in [0.25, 0.3) is 0 Å². The van der Waals surface area contributed by atoms with Crippen molar-refractivity contribution < 1.29 is 9.52 Å². The molecule has 2 rings (SSSR count). The van der Waals surface area contributed by atoms with Gasteiger partial charge < -0.3 is 9.52 Å². The van der Waals surface area contributed by atoms with E-state index in [1.807, 2.05) is 6.07 Å². The average Bonchev–Trinajstić information content (AvgIpc) is 2.65. The number of hydrogen-bond donors (Lipinski definition) is 1. The van der Waals surface area contributed by atoms with E-state index in [1.165, 1.54) is 0 Å². The second-order valence-corrected chi connectivity index (χ2v) is 5.19. The molecule has 0 saturated heterocycles. The molecule has 2 nitrogen and oxygen atoms in total. The van der Waals surface area contributed by atoms with E-state index in [0.29, 0.717) is 5.92 Å². The lowest BCUT2D eigenvalue weighted by molar-refractivity contribution is -0.0523. The predicted molar refractivity (Wildman–Crippen MR) is 59.5 cm³/mol. The first-order valence-corrected chi connectivity index (χ1v) is 5.83. The Morgan fingerprint density at radius 3 is 2.93 bits per heavy atom. The van der Waals surface area contributed by atoms with Gasteiger partial charge in [0.25, 0.3) is 0 Å². The van der Waals surface area contributed by atoms with Gasteiger partial charge in [-0.1, -0.05) is 13.8 Å². The molecule has 0 bridgehead atoms. The van der Waals surface area contributed by atoms with E-state index in [4.69, 9.17) is 4.42 Å². The van der Waals surface area contributed by atoms with Crippen LogP contribution in [0.1, 0.15) is 38.7 Å². The fraction of sp³-hybridized carbons (Fsp3) is 0.692. The molecule has 1 aromatic heterocycles. The molecule has 0 radical (unpaired) electrons. The minimum absolute atomic E-state index is 0.385. The Bertz CT molecular complexity index is 304. The summed E-state index contributed by atoms with van der Waals surface area (Å²) in [6.07, 6.45) is 7.34. The molecule has 1 saturated carbocycles. The Kier molecular flexibility index (Phi) is 2.87. The van der Waals surface area contributed by atoms with Gasteiger partial charge in [0.1, 0.15) is 0 Å². The lowest BCUT2D eigenvalue weighted by Crippen LogP contribution is -2.43. The Labute approximate surface area is 91.3 Å². The monoisotopic (exact) mass is 208 g/mol. The van der Waals surface area contributed by atoms with E-state index in [1.54, 1.807) is 12.5 Å². The molecule has 1 aromatic rings. The van der Waals surface area contributed by atoms with Gasteiger partial charge in [0.2, 0.25) is 0 Å². The van der Waals surface area contributed by atoms with Gasteiger partial charge in [-0.2, -0.15) is 0 Å². The highest BCUT2D eigenvalue weighted by Gasteiger charge is 2.38. The average molecular weight is 208 g/mol. The number of hydrogen-bond acceptors (Lipinski definition) is 2.